The average molecular weight is 276 g/mol. The highest BCUT2D eigenvalue weighted by molar-refractivity contribution is 7.71. The molecule has 8 heteroatoms. The smallest absolute Gasteiger partial charge is 0.254 e. The summed E-state index contributed by atoms with van der Waals surface area (Å²) < 4.78 is 20.3. The predicted molar refractivity (Wildman–Crippen MR) is 62.5 cm³/mol. The Morgan fingerprint density at radius 1 is 1.67 bits per heavy atom. The van der Waals surface area contributed by atoms with Crippen LogP contribution in [0.15, 0.2) is 11.0 Å². The predicted octanol–water partition coefficient (Wildman–Crippen LogP) is -0.197. The Bertz CT molecular complexity index is 558. The minimum Gasteiger partial charge on any atom is -0.394 e. The highest BCUT2D eigenvalue weighted by atomic mass is 32.1. The zero-order chi connectivity index (χ0) is 13.4. The fourth-order valence-corrected chi connectivity index (χ4v) is 2.10. The molecule has 1 aromatic rings. The van der Waals surface area contributed by atoms with Crippen molar-refractivity contribution in [1.29, 1.82) is 0 Å². The van der Waals surface area contributed by atoms with Gasteiger partial charge in [0.05, 0.1) is 6.61 Å². The van der Waals surface area contributed by atoms with E-state index in [4.69, 9.17) is 22.1 Å². The van der Waals surface area contributed by atoms with E-state index in [0.717, 1.165) is 0 Å². The molecule has 1 unspecified atom stereocenters. The number of ether oxygens (including phenoxy) is 1. The Balaban J connectivity index is 2.42. The second kappa shape index (κ2) is 4.88. The lowest BCUT2D eigenvalue weighted by Gasteiger charge is -2.17. The molecule has 0 aromatic carbocycles. The third-order valence-electron chi connectivity index (χ3n) is 2.89. The van der Waals surface area contributed by atoms with Gasteiger partial charge >= 0.3 is 0 Å². The van der Waals surface area contributed by atoms with Gasteiger partial charge in [-0.2, -0.15) is 0 Å². The van der Waals surface area contributed by atoms with Crippen LogP contribution in [0.25, 0.3) is 0 Å². The molecule has 1 fully saturated rings. The number of rotatable bonds is 2. The highest BCUT2D eigenvalue weighted by Gasteiger charge is 2.44. The highest BCUT2D eigenvalue weighted by Crippen LogP contribution is 2.31. The summed E-state index contributed by atoms with van der Waals surface area (Å²) in [5.41, 5.74) is -0.00903. The van der Waals surface area contributed by atoms with E-state index < -0.39 is 31.2 Å². The van der Waals surface area contributed by atoms with Crippen LogP contribution in [0, 0.1) is 11.7 Å². The molecule has 1 aliphatic rings. The van der Waals surface area contributed by atoms with Gasteiger partial charge in [-0.1, -0.05) is 0 Å². The fourth-order valence-electron chi connectivity index (χ4n) is 1.85. The van der Waals surface area contributed by atoms with Crippen molar-refractivity contribution in [3.05, 3.63) is 26.9 Å². The van der Waals surface area contributed by atoms with Crippen LogP contribution in [0.5, 0.6) is 0 Å². The minimum absolute atomic E-state index is 0.00374. The SMILES string of the molecule is Cc1cn([C@H]2O[C@@H](CO)[C@@H](O)C2F)c(=S)[nH]c1=O. The molecule has 0 saturated carbocycles. The molecule has 1 saturated heterocycles. The third kappa shape index (κ3) is 2.12. The Hall–Kier alpha value is -1.09. The molecule has 0 bridgehead atoms. The monoisotopic (exact) mass is 276 g/mol. The molecule has 1 aliphatic heterocycles. The molecule has 0 radical (unpaired) electrons. The number of hydrogen-bond donors (Lipinski definition) is 3. The lowest BCUT2D eigenvalue weighted by Crippen LogP contribution is -2.30. The molecule has 6 nitrogen and oxygen atoms in total. The summed E-state index contributed by atoms with van der Waals surface area (Å²) in [6, 6.07) is 0. The first-order valence-corrected chi connectivity index (χ1v) is 5.77. The number of aliphatic hydroxyl groups is 2. The Labute approximate surface area is 107 Å². The first kappa shape index (κ1) is 13.3. The summed E-state index contributed by atoms with van der Waals surface area (Å²) in [4.78, 5) is 13.7. The lowest BCUT2D eigenvalue weighted by atomic mass is 10.1. The van der Waals surface area contributed by atoms with Crippen LogP contribution in [0.3, 0.4) is 0 Å². The summed E-state index contributed by atoms with van der Waals surface area (Å²) in [6.07, 6.45) is -3.93. The van der Waals surface area contributed by atoms with Gasteiger partial charge in [-0.05, 0) is 19.1 Å². The number of aromatic nitrogens is 2. The van der Waals surface area contributed by atoms with Crippen molar-refractivity contribution < 1.29 is 19.3 Å². The number of H-pyrrole nitrogens is 1. The number of aromatic amines is 1. The van der Waals surface area contributed by atoms with Crippen LogP contribution in [0.4, 0.5) is 4.39 Å². The Kier molecular flexibility index (Phi) is 3.62. The molecule has 4 atom stereocenters. The van der Waals surface area contributed by atoms with Gasteiger partial charge in [0.2, 0.25) is 0 Å². The zero-order valence-electron chi connectivity index (χ0n) is 9.54. The summed E-state index contributed by atoms with van der Waals surface area (Å²) in [6.45, 7) is 1.06. The Morgan fingerprint density at radius 3 is 2.89 bits per heavy atom. The van der Waals surface area contributed by atoms with E-state index in [1.165, 1.54) is 10.8 Å². The van der Waals surface area contributed by atoms with Gasteiger partial charge in [0.25, 0.3) is 5.56 Å². The zero-order valence-corrected chi connectivity index (χ0v) is 10.4. The van der Waals surface area contributed by atoms with Crippen molar-refractivity contribution in [2.75, 3.05) is 6.61 Å². The second-order valence-corrected chi connectivity index (χ2v) is 4.55. The summed E-state index contributed by atoms with van der Waals surface area (Å²) >= 11 is 4.92. The van der Waals surface area contributed by atoms with Crippen LogP contribution >= 0.6 is 12.2 Å². The molecule has 2 rings (SSSR count). The van der Waals surface area contributed by atoms with Crippen molar-refractivity contribution in [2.45, 2.75) is 31.5 Å². The van der Waals surface area contributed by atoms with E-state index in [1.807, 2.05) is 0 Å². The van der Waals surface area contributed by atoms with Crippen molar-refractivity contribution in [3.63, 3.8) is 0 Å². The summed E-state index contributed by atoms with van der Waals surface area (Å²) in [5.74, 6) is 0. The molecule has 0 aliphatic carbocycles. The van der Waals surface area contributed by atoms with Gasteiger partial charge in [-0.15, -0.1) is 0 Å². The summed E-state index contributed by atoms with van der Waals surface area (Å²) in [5, 5.41) is 18.5. The number of nitrogens with one attached hydrogen (secondary N) is 1. The number of halogens is 1. The minimum atomic E-state index is -1.72. The first-order chi connectivity index (χ1) is 8.45. The van der Waals surface area contributed by atoms with Crippen molar-refractivity contribution >= 4 is 12.2 Å². The van der Waals surface area contributed by atoms with E-state index in [0.29, 0.717) is 5.56 Å². The van der Waals surface area contributed by atoms with Gasteiger partial charge in [-0.3, -0.25) is 14.3 Å². The van der Waals surface area contributed by atoms with Gasteiger partial charge in [0.15, 0.2) is 17.2 Å². The largest absolute Gasteiger partial charge is 0.394 e. The van der Waals surface area contributed by atoms with Crippen molar-refractivity contribution in [2.24, 2.45) is 0 Å². The standard InChI is InChI=1S/C10H13FN2O4S/c1-4-2-13(10(18)12-8(4)16)9-6(11)7(15)5(3-14)17-9/h2,5-7,9,14-15H,3H2,1H3,(H,12,16,18)/t5-,6?,7+,9-/m0/s1. The van der Waals surface area contributed by atoms with Gasteiger partial charge < -0.3 is 14.9 Å². The van der Waals surface area contributed by atoms with Crippen LogP contribution in [-0.4, -0.2) is 44.8 Å². The number of aliphatic hydroxyl groups excluding tert-OH is 2. The topological polar surface area (TPSA) is 87.5 Å². The maximum Gasteiger partial charge on any atom is 0.254 e. The first-order valence-electron chi connectivity index (χ1n) is 5.36. The van der Waals surface area contributed by atoms with Crippen LogP contribution < -0.4 is 5.56 Å². The van der Waals surface area contributed by atoms with E-state index in [-0.39, 0.29) is 10.3 Å². The molecular weight excluding hydrogens is 263 g/mol. The Morgan fingerprint density at radius 2 is 2.33 bits per heavy atom. The lowest BCUT2D eigenvalue weighted by molar-refractivity contribution is -0.0484. The number of nitrogens with zero attached hydrogens (tertiary/aromatic N) is 1. The van der Waals surface area contributed by atoms with Crippen LogP contribution in [-0.2, 0) is 4.74 Å². The average Bonchev–Trinajstić information content (AvgIpc) is 2.61. The van der Waals surface area contributed by atoms with E-state index in [9.17, 15) is 14.3 Å². The molecule has 0 amide bonds. The number of alkyl halides is 1. The van der Waals surface area contributed by atoms with E-state index >= 15 is 0 Å². The van der Waals surface area contributed by atoms with Crippen LogP contribution in [0.2, 0.25) is 0 Å². The normalized spacial score (nSPS) is 31.8. The quantitative estimate of drug-likeness (QED) is 0.651. The molecule has 0 spiro atoms. The van der Waals surface area contributed by atoms with Gasteiger partial charge in [0, 0.05) is 11.8 Å². The van der Waals surface area contributed by atoms with E-state index in [2.05, 4.69) is 4.98 Å². The van der Waals surface area contributed by atoms with Gasteiger partial charge in [0.1, 0.15) is 12.2 Å². The van der Waals surface area contributed by atoms with Crippen LogP contribution in [0.1, 0.15) is 11.8 Å². The molecule has 18 heavy (non-hydrogen) atoms. The molecule has 3 N–H and O–H groups in total. The number of aryl methyl sites for hydroxylation is 1. The molecule has 2 heterocycles. The maximum atomic E-state index is 13.9. The van der Waals surface area contributed by atoms with Crippen molar-refractivity contribution in [3.8, 4) is 0 Å². The van der Waals surface area contributed by atoms with Crippen molar-refractivity contribution in [1.82, 2.24) is 9.55 Å². The maximum absolute atomic E-state index is 13.9. The second-order valence-electron chi connectivity index (χ2n) is 4.16. The fraction of sp³-hybridized carbons (Fsp3) is 0.600. The molecule has 100 valence electrons. The van der Waals surface area contributed by atoms with Gasteiger partial charge in [-0.25, -0.2) is 4.39 Å². The number of hydrogen-bond acceptors (Lipinski definition) is 5. The third-order valence-corrected chi connectivity index (χ3v) is 3.21. The summed E-state index contributed by atoms with van der Waals surface area (Å²) in [7, 11) is 0. The molecular formula is C10H13FN2O4S. The van der Waals surface area contributed by atoms with E-state index in [1.54, 1.807) is 6.92 Å². The molecule has 1 aromatic heterocycles.